The summed E-state index contributed by atoms with van der Waals surface area (Å²) in [6.07, 6.45) is -1.18. The van der Waals surface area contributed by atoms with E-state index in [4.69, 9.17) is 0 Å². The Morgan fingerprint density at radius 1 is 1.05 bits per heavy atom. The summed E-state index contributed by atoms with van der Waals surface area (Å²) in [6, 6.07) is 7.45. The van der Waals surface area contributed by atoms with E-state index in [-0.39, 0.29) is 10.0 Å². The summed E-state index contributed by atoms with van der Waals surface area (Å²) in [5.74, 6) is -1.23. The second-order valence-electron chi connectivity index (χ2n) is 4.48. The van der Waals surface area contributed by atoms with Crippen LogP contribution >= 0.6 is 15.9 Å². The van der Waals surface area contributed by atoms with Gasteiger partial charge in [0.15, 0.2) is 0 Å². The monoisotopic (exact) mass is 326 g/mol. The van der Waals surface area contributed by atoms with Crippen molar-refractivity contribution < 1.29 is 13.9 Å². The molecule has 1 unspecified atom stereocenters. The fourth-order valence-corrected chi connectivity index (χ4v) is 2.30. The summed E-state index contributed by atoms with van der Waals surface area (Å²) >= 11 is 2.92. The Morgan fingerprint density at radius 3 is 2.42 bits per heavy atom. The number of benzene rings is 2. The van der Waals surface area contributed by atoms with Crippen LogP contribution in [0.15, 0.2) is 34.8 Å². The second kappa shape index (κ2) is 5.39. The number of hydrogen-bond acceptors (Lipinski definition) is 1. The van der Waals surface area contributed by atoms with Gasteiger partial charge in [0.25, 0.3) is 0 Å². The molecule has 100 valence electrons. The Labute approximate surface area is 119 Å². The molecule has 0 saturated carbocycles. The molecule has 2 rings (SSSR count). The standard InChI is InChI=1S/C15H13BrF2O/c1-8-4-3-5-10(9(8)2)15(19)11-6-14(18)12(16)7-13(11)17/h3-7,15,19H,1-2H3. The van der Waals surface area contributed by atoms with E-state index in [1.807, 2.05) is 19.9 Å². The molecule has 0 aliphatic rings. The van der Waals surface area contributed by atoms with Crippen molar-refractivity contribution >= 4 is 15.9 Å². The Bertz CT molecular complexity index is 626. The van der Waals surface area contributed by atoms with E-state index in [2.05, 4.69) is 15.9 Å². The van der Waals surface area contributed by atoms with Crippen LogP contribution in [0, 0.1) is 25.5 Å². The van der Waals surface area contributed by atoms with Crippen LogP contribution in [0.4, 0.5) is 8.78 Å². The lowest BCUT2D eigenvalue weighted by Crippen LogP contribution is -2.06. The van der Waals surface area contributed by atoms with Gasteiger partial charge in [0.05, 0.1) is 4.47 Å². The molecule has 2 aromatic rings. The molecule has 0 aliphatic heterocycles. The highest BCUT2D eigenvalue weighted by atomic mass is 79.9. The molecule has 4 heteroatoms. The van der Waals surface area contributed by atoms with Gasteiger partial charge in [-0.3, -0.25) is 0 Å². The zero-order valence-corrected chi connectivity index (χ0v) is 12.1. The van der Waals surface area contributed by atoms with Crippen LogP contribution in [0.2, 0.25) is 0 Å². The van der Waals surface area contributed by atoms with Gasteiger partial charge in [0, 0.05) is 5.56 Å². The maximum absolute atomic E-state index is 13.8. The lowest BCUT2D eigenvalue weighted by atomic mass is 9.94. The minimum atomic E-state index is -1.18. The van der Waals surface area contributed by atoms with Gasteiger partial charge in [-0.25, -0.2) is 8.78 Å². The highest BCUT2D eigenvalue weighted by Crippen LogP contribution is 2.30. The Morgan fingerprint density at radius 2 is 1.74 bits per heavy atom. The molecule has 0 fully saturated rings. The van der Waals surface area contributed by atoms with Crippen LogP contribution < -0.4 is 0 Å². The average Bonchev–Trinajstić information content (AvgIpc) is 2.36. The molecule has 2 aromatic carbocycles. The van der Waals surface area contributed by atoms with Crippen molar-refractivity contribution in [2.24, 2.45) is 0 Å². The Balaban J connectivity index is 2.53. The lowest BCUT2D eigenvalue weighted by molar-refractivity contribution is 0.213. The van der Waals surface area contributed by atoms with E-state index in [0.29, 0.717) is 5.56 Å². The van der Waals surface area contributed by atoms with Crippen LogP contribution in [-0.4, -0.2) is 5.11 Å². The van der Waals surface area contributed by atoms with Gasteiger partial charge >= 0.3 is 0 Å². The molecule has 0 bridgehead atoms. The molecule has 0 amide bonds. The number of hydrogen-bond donors (Lipinski definition) is 1. The first-order valence-electron chi connectivity index (χ1n) is 5.80. The van der Waals surface area contributed by atoms with Crippen LogP contribution in [-0.2, 0) is 0 Å². The molecule has 0 radical (unpaired) electrons. The summed E-state index contributed by atoms with van der Waals surface area (Å²) in [6.45, 7) is 3.76. The number of aryl methyl sites for hydroxylation is 1. The molecule has 0 saturated heterocycles. The molecule has 0 heterocycles. The van der Waals surface area contributed by atoms with E-state index in [1.54, 1.807) is 12.1 Å². The van der Waals surface area contributed by atoms with Gasteiger partial charge in [-0.2, -0.15) is 0 Å². The van der Waals surface area contributed by atoms with Crippen LogP contribution in [0.5, 0.6) is 0 Å². The summed E-state index contributed by atoms with van der Waals surface area (Å²) < 4.78 is 27.4. The van der Waals surface area contributed by atoms with E-state index in [9.17, 15) is 13.9 Å². The SMILES string of the molecule is Cc1cccc(C(O)c2cc(F)c(Br)cc2F)c1C. The average molecular weight is 327 g/mol. The van der Waals surface area contributed by atoms with E-state index in [1.165, 1.54) is 0 Å². The summed E-state index contributed by atoms with van der Waals surface area (Å²) in [5.41, 5.74) is 2.39. The molecule has 0 aliphatic carbocycles. The number of aliphatic hydroxyl groups is 1. The summed E-state index contributed by atoms with van der Waals surface area (Å²) in [7, 11) is 0. The largest absolute Gasteiger partial charge is 0.384 e. The number of halogens is 3. The van der Waals surface area contributed by atoms with Crippen molar-refractivity contribution in [1.82, 2.24) is 0 Å². The molecule has 1 atom stereocenters. The highest BCUT2D eigenvalue weighted by molar-refractivity contribution is 9.10. The van der Waals surface area contributed by atoms with Crippen molar-refractivity contribution in [3.63, 3.8) is 0 Å². The molecule has 1 N–H and O–H groups in total. The minimum Gasteiger partial charge on any atom is -0.384 e. The molecular weight excluding hydrogens is 314 g/mol. The van der Waals surface area contributed by atoms with Gasteiger partial charge in [-0.15, -0.1) is 0 Å². The van der Waals surface area contributed by atoms with Crippen molar-refractivity contribution in [2.75, 3.05) is 0 Å². The maximum Gasteiger partial charge on any atom is 0.137 e. The molecule has 0 aromatic heterocycles. The quantitative estimate of drug-likeness (QED) is 0.809. The first kappa shape index (κ1) is 14.2. The maximum atomic E-state index is 13.8. The van der Waals surface area contributed by atoms with Gasteiger partial charge < -0.3 is 5.11 Å². The lowest BCUT2D eigenvalue weighted by Gasteiger charge is -2.16. The van der Waals surface area contributed by atoms with E-state index < -0.39 is 17.7 Å². The summed E-state index contributed by atoms with van der Waals surface area (Å²) in [4.78, 5) is 0. The van der Waals surface area contributed by atoms with Gasteiger partial charge in [-0.1, -0.05) is 18.2 Å². The van der Waals surface area contributed by atoms with Crippen LogP contribution in [0.25, 0.3) is 0 Å². The smallest absolute Gasteiger partial charge is 0.137 e. The fourth-order valence-electron chi connectivity index (χ4n) is 1.99. The van der Waals surface area contributed by atoms with Crippen molar-refractivity contribution in [1.29, 1.82) is 0 Å². The van der Waals surface area contributed by atoms with E-state index >= 15 is 0 Å². The normalized spacial score (nSPS) is 12.5. The molecule has 0 spiro atoms. The second-order valence-corrected chi connectivity index (χ2v) is 5.33. The van der Waals surface area contributed by atoms with Crippen LogP contribution in [0.1, 0.15) is 28.4 Å². The van der Waals surface area contributed by atoms with Crippen molar-refractivity contribution in [3.05, 3.63) is 68.7 Å². The molecular formula is C15H13BrF2O. The minimum absolute atomic E-state index is 0.0434. The third-order valence-electron chi connectivity index (χ3n) is 3.28. The third-order valence-corrected chi connectivity index (χ3v) is 3.88. The summed E-state index contributed by atoms with van der Waals surface area (Å²) in [5, 5.41) is 10.3. The zero-order valence-electron chi connectivity index (χ0n) is 10.5. The van der Waals surface area contributed by atoms with Crippen molar-refractivity contribution in [3.8, 4) is 0 Å². The Hall–Kier alpha value is -1.26. The molecule has 19 heavy (non-hydrogen) atoms. The third kappa shape index (κ3) is 2.69. The number of aliphatic hydroxyl groups excluding tert-OH is 1. The Kier molecular flexibility index (Phi) is 4.02. The van der Waals surface area contributed by atoms with E-state index in [0.717, 1.165) is 23.3 Å². The predicted octanol–water partition coefficient (Wildman–Crippen LogP) is 4.43. The number of rotatable bonds is 2. The topological polar surface area (TPSA) is 20.2 Å². The van der Waals surface area contributed by atoms with Crippen molar-refractivity contribution in [2.45, 2.75) is 20.0 Å². The van der Waals surface area contributed by atoms with Gasteiger partial charge in [0.1, 0.15) is 17.7 Å². The fraction of sp³-hybridized carbons (Fsp3) is 0.200. The first-order chi connectivity index (χ1) is 8.91. The highest BCUT2D eigenvalue weighted by Gasteiger charge is 2.19. The first-order valence-corrected chi connectivity index (χ1v) is 6.59. The predicted molar refractivity (Wildman–Crippen MR) is 74.0 cm³/mol. The van der Waals surface area contributed by atoms with Gasteiger partial charge in [0.2, 0.25) is 0 Å². The molecule has 1 nitrogen and oxygen atoms in total. The zero-order chi connectivity index (χ0) is 14.2. The van der Waals surface area contributed by atoms with Crippen LogP contribution in [0.3, 0.4) is 0 Å². The van der Waals surface area contributed by atoms with Gasteiger partial charge in [-0.05, 0) is 58.6 Å².